The monoisotopic (exact) mass is 240 g/mol. The fraction of sp³-hybridized carbons (Fsp3) is 0.786. The molecule has 1 unspecified atom stereocenters. The Kier molecular flexibility index (Phi) is 5.69. The number of methoxy groups -OCH3 is 1. The van der Waals surface area contributed by atoms with E-state index in [4.69, 9.17) is 9.47 Å². The average molecular weight is 240 g/mol. The maximum absolute atomic E-state index is 11.5. The van der Waals surface area contributed by atoms with Crippen LogP contribution >= 0.6 is 0 Å². The van der Waals surface area contributed by atoms with E-state index < -0.39 is 0 Å². The maximum Gasteiger partial charge on any atom is 0.333 e. The third kappa shape index (κ3) is 4.15. The van der Waals surface area contributed by atoms with Gasteiger partial charge in [0.05, 0.1) is 6.10 Å². The van der Waals surface area contributed by atoms with Crippen molar-refractivity contribution in [2.45, 2.75) is 58.2 Å². The SMILES string of the molecule is C=C(C)C(=O)OC(CC)C1CCC(OC)CC1. The number of esters is 1. The Labute approximate surface area is 104 Å². The number of hydrogen-bond donors (Lipinski definition) is 0. The lowest BCUT2D eigenvalue weighted by atomic mass is 9.83. The summed E-state index contributed by atoms with van der Waals surface area (Å²) in [5, 5.41) is 0. The van der Waals surface area contributed by atoms with Crippen LogP contribution in [0, 0.1) is 5.92 Å². The third-order valence-electron chi connectivity index (χ3n) is 3.59. The second-order valence-corrected chi connectivity index (χ2v) is 4.90. The van der Waals surface area contributed by atoms with Gasteiger partial charge in [0.2, 0.25) is 0 Å². The molecule has 3 heteroatoms. The Balaban J connectivity index is 2.46. The van der Waals surface area contributed by atoms with Gasteiger partial charge in [-0.2, -0.15) is 0 Å². The van der Waals surface area contributed by atoms with Crippen molar-refractivity contribution in [1.82, 2.24) is 0 Å². The normalized spacial score (nSPS) is 26.3. The topological polar surface area (TPSA) is 35.5 Å². The van der Waals surface area contributed by atoms with Gasteiger partial charge in [0, 0.05) is 12.7 Å². The first-order valence-electron chi connectivity index (χ1n) is 6.47. The van der Waals surface area contributed by atoms with Gasteiger partial charge in [0.25, 0.3) is 0 Å². The molecule has 1 fully saturated rings. The summed E-state index contributed by atoms with van der Waals surface area (Å²) in [4.78, 5) is 11.5. The van der Waals surface area contributed by atoms with Crippen LogP contribution in [0.2, 0.25) is 0 Å². The van der Waals surface area contributed by atoms with Gasteiger partial charge in [-0.1, -0.05) is 13.5 Å². The number of ether oxygens (including phenoxy) is 2. The summed E-state index contributed by atoms with van der Waals surface area (Å²) >= 11 is 0. The summed E-state index contributed by atoms with van der Waals surface area (Å²) in [6, 6.07) is 0. The zero-order valence-electron chi connectivity index (χ0n) is 11.2. The largest absolute Gasteiger partial charge is 0.459 e. The maximum atomic E-state index is 11.5. The molecule has 98 valence electrons. The summed E-state index contributed by atoms with van der Waals surface area (Å²) in [6.07, 6.45) is 5.62. The summed E-state index contributed by atoms with van der Waals surface area (Å²) in [6.45, 7) is 7.38. The van der Waals surface area contributed by atoms with Crippen molar-refractivity contribution in [3.63, 3.8) is 0 Å². The molecule has 0 N–H and O–H groups in total. The van der Waals surface area contributed by atoms with E-state index in [1.807, 2.05) is 0 Å². The van der Waals surface area contributed by atoms with E-state index >= 15 is 0 Å². The van der Waals surface area contributed by atoms with E-state index in [1.165, 1.54) is 0 Å². The summed E-state index contributed by atoms with van der Waals surface area (Å²) < 4.78 is 10.8. The van der Waals surface area contributed by atoms with Crippen LogP contribution in [-0.2, 0) is 14.3 Å². The zero-order chi connectivity index (χ0) is 12.8. The predicted molar refractivity (Wildman–Crippen MR) is 67.7 cm³/mol. The second-order valence-electron chi connectivity index (χ2n) is 4.90. The van der Waals surface area contributed by atoms with Crippen molar-refractivity contribution in [2.75, 3.05) is 7.11 Å². The van der Waals surface area contributed by atoms with Crippen LogP contribution in [0.25, 0.3) is 0 Å². The molecule has 1 saturated carbocycles. The van der Waals surface area contributed by atoms with Crippen LogP contribution in [-0.4, -0.2) is 25.3 Å². The fourth-order valence-corrected chi connectivity index (χ4v) is 2.45. The highest BCUT2D eigenvalue weighted by molar-refractivity contribution is 5.87. The van der Waals surface area contributed by atoms with Crippen molar-refractivity contribution in [2.24, 2.45) is 5.92 Å². The summed E-state index contributed by atoms with van der Waals surface area (Å²) in [5.74, 6) is 0.223. The Bertz CT molecular complexity index is 265. The van der Waals surface area contributed by atoms with E-state index in [0.717, 1.165) is 32.1 Å². The molecule has 0 bridgehead atoms. The molecule has 0 aromatic carbocycles. The highest BCUT2D eigenvalue weighted by Crippen LogP contribution is 2.31. The van der Waals surface area contributed by atoms with Gasteiger partial charge in [-0.05, 0) is 44.9 Å². The van der Waals surface area contributed by atoms with Gasteiger partial charge >= 0.3 is 5.97 Å². The second kappa shape index (κ2) is 6.80. The molecular formula is C14H24O3. The predicted octanol–water partition coefficient (Wildman–Crippen LogP) is 3.09. The van der Waals surface area contributed by atoms with Gasteiger partial charge in [0.15, 0.2) is 0 Å². The molecule has 1 aliphatic carbocycles. The first kappa shape index (κ1) is 14.2. The van der Waals surface area contributed by atoms with Crippen LogP contribution in [0.15, 0.2) is 12.2 Å². The number of hydrogen-bond acceptors (Lipinski definition) is 3. The van der Waals surface area contributed by atoms with Crippen LogP contribution in [0.5, 0.6) is 0 Å². The lowest BCUT2D eigenvalue weighted by Gasteiger charge is -2.32. The van der Waals surface area contributed by atoms with Gasteiger partial charge in [-0.3, -0.25) is 0 Å². The highest BCUT2D eigenvalue weighted by Gasteiger charge is 2.29. The minimum Gasteiger partial charge on any atom is -0.459 e. The average Bonchev–Trinajstić information content (AvgIpc) is 2.35. The summed E-state index contributed by atoms with van der Waals surface area (Å²) in [5.41, 5.74) is 0.481. The van der Waals surface area contributed by atoms with Gasteiger partial charge < -0.3 is 9.47 Å². The third-order valence-corrected chi connectivity index (χ3v) is 3.59. The summed E-state index contributed by atoms with van der Waals surface area (Å²) in [7, 11) is 1.77. The minimum absolute atomic E-state index is 0.0389. The van der Waals surface area contributed by atoms with Crippen molar-refractivity contribution < 1.29 is 14.3 Å². The Morgan fingerprint density at radius 1 is 1.35 bits per heavy atom. The standard InChI is InChI=1S/C14H24O3/c1-5-13(17-14(15)10(2)3)11-6-8-12(16-4)9-7-11/h11-13H,2,5-9H2,1,3-4H3. The van der Waals surface area contributed by atoms with Crippen molar-refractivity contribution in [3.05, 3.63) is 12.2 Å². The van der Waals surface area contributed by atoms with E-state index in [1.54, 1.807) is 14.0 Å². The molecule has 0 aliphatic heterocycles. The zero-order valence-corrected chi connectivity index (χ0v) is 11.2. The Morgan fingerprint density at radius 2 is 1.94 bits per heavy atom. The Morgan fingerprint density at radius 3 is 2.35 bits per heavy atom. The van der Waals surface area contributed by atoms with Crippen LogP contribution in [0.3, 0.4) is 0 Å². The molecule has 0 aromatic rings. The van der Waals surface area contributed by atoms with Gasteiger partial charge in [0.1, 0.15) is 6.10 Å². The number of rotatable bonds is 5. The minimum atomic E-state index is -0.259. The number of carbonyl (C=O) groups excluding carboxylic acids is 1. The van der Waals surface area contributed by atoms with Crippen molar-refractivity contribution >= 4 is 5.97 Å². The molecule has 0 radical (unpaired) electrons. The molecule has 0 heterocycles. The molecular weight excluding hydrogens is 216 g/mol. The molecule has 0 aromatic heterocycles. The van der Waals surface area contributed by atoms with Crippen molar-refractivity contribution in [3.8, 4) is 0 Å². The van der Waals surface area contributed by atoms with Crippen LogP contribution in [0.4, 0.5) is 0 Å². The smallest absolute Gasteiger partial charge is 0.333 e. The van der Waals surface area contributed by atoms with Crippen molar-refractivity contribution in [1.29, 1.82) is 0 Å². The lowest BCUT2D eigenvalue weighted by Crippen LogP contribution is -2.31. The van der Waals surface area contributed by atoms with Crippen LogP contribution in [0.1, 0.15) is 46.0 Å². The molecule has 17 heavy (non-hydrogen) atoms. The molecule has 0 saturated heterocycles. The first-order chi connectivity index (χ1) is 8.08. The molecule has 0 spiro atoms. The van der Waals surface area contributed by atoms with E-state index in [0.29, 0.717) is 17.6 Å². The van der Waals surface area contributed by atoms with E-state index in [9.17, 15) is 4.79 Å². The van der Waals surface area contributed by atoms with Gasteiger partial charge in [-0.15, -0.1) is 0 Å². The molecule has 0 amide bonds. The van der Waals surface area contributed by atoms with E-state index in [2.05, 4.69) is 13.5 Å². The quantitative estimate of drug-likeness (QED) is 0.547. The highest BCUT2D eigenvalue weighted by atomic mass is 16.5. The fourth-order valence-electron chi connectivity index (χ4n) is 2.45. The van der Waals surface area contributed by atoms with E-state index in [-0.39, 0.29) is 12.1 Å². The molecule has 1 rings (SSSR count). The first-order valence-corrected chi connectivity index (χ1v) is 6.47. The lowest BCUT2D eigenvalue weighted by molar-refractivity contribution is -0.148. The molecule has 3 nitrogen and oxygen atoms in total. The molecule has 1 atom stereocenters. The van der Waals surface area contributed by atoms with Crippen LogP contribution < -0.4 is 0 Å². The van der Waals surface area contributed by atoms with Gasteiger partial charge in [-0.25, -0.2) is 4.79 Å². The molecule has 1 aliphatic rings. The number of carbonyl (C=O) groups is 1. The Hall–Kier alpha value is -0.830.